The molecule has 0 saturated carbocycles. The predicted octanol–water partition coefficient (Wildman–Crippen LogP) is 4.47. The van der Waals surface area contributed by atoms with Crippen LogP contribution < -0.4 is 10.6 Å². The SMILES string of the molecule is CN=C(NCc1ccc(F)cc1)NCc1ccc(F)cc1C(F)(F)F.I. The fourth-order valence-corrected chi connectivity index (χ4v) is 2.15. The van der Waals surface area contributed by atoms with Crippen molar-refractivity contribution < 1.29 is 22.0 Å². The number of nitrogens with one attached hydrogen (secondary N) is 2. The summed E-state index contributed by atoms with van der Waals surface area (Å²) >= 11 is 0. The molecule has 142 valence electrons. The second-order valence-electron chi connectivity index (χ2n) is 5.21. The van der Waals surface area contributed by atoms with Gasteiger partial charge in [-0.3, -0.25) is 4.99 Å². The zero-order chi connectivity index (χ0) is 18.4. The Labute approximate surface area is 164 Å². The summed E-state index contributed by atoms with van der Waals surface area (Å²) in [6.45, 7) is 0.133. The van der Waals surface area contributed by atoms with Crippen LogP contribution in [0.1, 0.15) is 16.7 Å². The van der Waals surface area contributed by atoms with Crippen LogP contribution in [0, 0.1) is 11.6 Å². The van der Waals surface area contributed by atoms with Gasteiger partial charge in [-0.2, -0.15) is 13.2 Å². The lowest BCUT2D eigenvalue weighted by Crippen LogP contribution is -2.36. The minimum atomic E-state index is -4.65. The lowest BCUT2D eigenvalue weighted by atomic mass is 10.1. The summed E-state index contributed by atoms with van der Waals surface area (Å²) in [5.74, 6) is -1.04. The van der Waals surface area contributed by atoms with Crippen LogP contribution in [0.2, 0.25) is 0 Å². The van der Waals surface area contributed by atoms with Gasteiger partial charge < -0.3 is 10.6 Å². The first-order chi connectivity index (χ1) is 11.8. The molecule has 0 amide bonds. The Morgan fingerprint density at radius 3 is 2.08 bits per heavy atom. The smallest absolute Gasteiger partial charge is 0.352 e. The molecule has 3 nitrogen and oxygen atoms in total. The highest BCUT2D eigenvalue weighted by Crippen LogP contribution is 2.32. The van der Waals surface area contributed by atoms with Gasteiger partial charge in [0.1, 0.15) is 11.6 Å². The van der Waals surface area contributed by atoms with Gasteiger partial charge in [-0.05, 0) is 35.4 Å². The molecule has 2 aromatic rings. The summed E-state index contributed by atoms with van der Waals surface area (Å²) in [6.07, 6.45) is -4.65. The van der Waals surface area contributed by atoms with Gasteiger partial charge in [0.15, 0.2) is 5.96 Å². The van der Waals surface area contributed by atoms with Crippen molar-refractivity contribution in [2.45, 2.75) is 19.3 Å². The molecule has 0 saturated heterocycles. The molecule has 0 bridgehead atoms. The summed E-state index contributed by atoms with van der Waals surface area (Å²) in [7, 11) is 1.47. The molecule has 0 aromatic heterocycles. The third-order valence-corrected chi connectivity index (χ3v) is 3.42. The molecule has 0 unspecified atom stereocenters. The van der Waals surface area contributed by atoms with Crippen LogP contribution in [0.3, 0.4) is 0 Å². The number of benzene rings is 2. The highest BCUT2D eigenvalue weighted by Gasteiger charge is 2.33. The highest BCUT2D eigenvalue weighted by molar-refractivity contribution is 14.0. The van der Waals surface area contributed by atoms with E-state index in [9.17, 15) is 22.0 Å². The normalized spacial score (nSPS) is 11.7. The molecular formula is C17H17F5IN3. The second-order valence-corrected chi connectivity index (χ2v) is 5.21. The van der Waals surface area contributed by atoms with Crippen LogP contribution >= 0.6 is 24.0 Å². The molecule has 0 aliphatic rings. The largest absolute Gasteiger partial charge is 0.416 e. The van der Waals surface area contributed by atoms with Gasteiger partial charge in [0.2, 0.25) is 0 Å². The second kappa shape index (κ2) is 9.70. The number of rotatable bonds is 4. The van der Waals surface area contributed by atoms with Crippen molar-refractivity contribution in [2.75, 3.05) is 7.05 Å². The van der Waals surface area contributed by atoms with Crippen molar-refractivity contribution in [2.24, 2.45) is 4.99 Å². The summed E-state index contributed by atoms with van der Waals surface area (Å²) in [6, 6.07) is 8.29. The predicted molar refractivity (Wildman–Crippen MR) is 100 cm³/mol. The third kappa shape index (κ3) is 6.43. The Morgan fingerprint density at radius 1 is 0.923 bits per heavy atom. The van der Waals surface area contributed by atoms with E-state index in [4.69, 9.17) is 0 Å². The van der Waals surface area contributed by atoms with Crippen LogP contribution in [-0.2, 0) is 19.3 Å². The van der Waals surface area contributed by atoms with E-state index in [0.29, 0.717) is 12.6 Å². The fraction of sp³-hybridized carbons (Fsp3) is 0.235. The van der Waals surface area contributed by atoms with E-state index in [1.165, 1.54) is 19.2 Å². The van der Waals surface area contributed by atoms with E-state index in [1.807, 2.05) is 0 Å². The maximum absolute atomic E-state index is 13.1. The molecule has 0 spiro atoms. The molecule has 26 heavy (non-hydrogen) atoms. The first-order valence-corrected chi connectivity index (χ1v) is 7.34. The fourth-order valence-electron chi connectivity index (χ4n) is 2.15. The number of hydrogen-bond donors (Lipinski definition) is 2. The van der Waals surface area contributed by atoms with Crippen molar-refractivity contribution in [1.29, 1.82) is 0 Å². The average Bonchev–Trinajstić information content (AvgIpc) is 2.56. The molecule has 9 heteroatoms. The van der Waals surface area contributed by atoms with Crippen molar-refractivity contribution >= 4 is 29.9 Å². The quantitative estimate of drug-likeness (QED) is 0.291. The molecule has 0 aliphatic carbocycles. The van der Waals surface area contributed by atoms with Crippen molar-refractivity contribution in [3.05, 3.63) is 70.8 Å². The van der Waals surface area contributed by atoms with Gasteiger partial charge in [-0.25, -0.2) is 8.78 Å². The molecule has 0 aliphatic heterocycles. The summed E-state index contributed by atoms with van der Waals surface area (Å²) in [4.78, 5) is 3.91. The van der Waals surface area contributed by atoms with Crippen LogP contribution in [0.25, 0.3) is 0 Å². The van der Waals surface area contributed by atoms with Crippen LogP contribution in [0.15, 0.2) is 47.5 Å². The zero-order valence-corrected chi connectivity index (χ0v) is 16.0. The third-order valence-electron chi connectivity index (χ3n) is 3.42. The van der Waals surface area contributed by atoms with Crippen LogP contribution in [0.4, 0.5) is 22.0 Å². The van der Waals surface area contributed by atoms with E-state index < -0.39 is 17.6 Å². The standard InChI is InChI=1S/C17H16F5N3.HI/c1-23-16(24-9-11-2-5-13(18)6-3-11)25-10-12-4-7-14(19)8-15(12)17(20,21)22;/h2-8H,9-10H2,1H3,(H2,23,24,25);1H. The lowest BCUT2D eigenvalue weighted by molar-refractivity contribution is -0.138. The molecule has 0 radical (unpaired) electrons. The number of guanidine groups is 1. The van der Waals surface area contributed by atoms with Gasteiger partial charge >= 0.3 is 6.18 Å². The Kier molecular flexibility index (Phi) is 8.25. The van der Waals surface area contributed by atoms with Crippen LogP contribution in [-0.4, -0.2) is 13.0 Å². The van der Waals surface area contributed by atoms with E-state index in [0.717, 1.165) is 17.7 Å². The average molecular weight is 485 g/mol. The Balaban J connectivity index is 0.00000338. The van der Waals surface area contributed by atoms with Gasteiger partial charge in [0.25, 0.3) is 0 Å². The van der Waals surface area contributed by atoms with Crippen molar-refractivity contribution in [1.82, 2.24) is 10.6 Å². The minimum Gasteiger partial charge on any atom is -0.352 e. The van der Waals surface area contributed by atoms with Gasteiger partial charge in [0, 0.05) is 20.1 Å². The van der Waals surface area contributed by atoms with Gasteiger partial charge in [0.05, 0.1) is 5.56 Å². The molecule has 0 atom stereocenters. The molecule has 0 fully saturated rings. The Morgan fingerprint density at radius 2 is 1.50 bits per heavy atom. The van der Waals surface area contributed by atoms with E-state index in [1.54, 1.807) is 12.1 Å². The summed E-state index contributed by atoms with van der Waals surface area (Å²) in [5, 5.41) is 5.65. The monoisotopic (exact) mass is 485 g/mol. The number of hydrogen-bond acceptors (Lipinski definition) is 1. The van der Waals surface area contributed by atoms with Crippen LogP contribution in [0.5, 0.6) is 0 Å². The molecule has 2 rings (SSSR count). The molecule has 2 N–H and O–H groups in total. The number of halogens is 6. The molecule has 2 aromatic carbocycles. The van der Waals surface area contributed by atoms with Crippen molar-refractivity contribution in [3.8, 4) is 0 Å². The first kappa shape index (κ1) is 22.1. The number of aliphatic imine (C=N–C) groups is 1. The number of nitrogens with zero attached hydrogens (tertiary/aromatic N) is 1. The Bertz CT molecular complexity index is 745. The van der Waals surface area contributed by atoms with Crippen molar-refractivity contribution in [3.63, 3.8) is 0 Å². The molecular weight excluding hydrogens is 468 g/mol. The highest BCUT2D eigenvalue weighted by atomic mass is 127. The maximum atomic E-state index is 13.1. The topological polar surface area (TPSA) is 36.4 Å². The van der Waals surface area contributed by atoms with Gasteiger partial charge in [-0.1, -0.05) is 18.2 Å². The maximum Gasteiger partial charge on any atom is 0.416 e. The van der Waals surface area contributed by atoms with E-state index in [2.05, 4.69) is 15.6 Å². The van der Waals surface area contributed by atoms with Gasteiger partial charge in [-0.15, -0.1) is 24.0 Å². The lowest BCUT2D eigenvalue weighted by Gasteiger charge is -2.16. The van der Waals surface area contributed by atoms with E-state index in [-0.39, 0.29) is 47.9 Å². The Hall–Kier alpha value is -1.91. The zero-order valence-electron chi connectivity index (χ0n) is 13.7. The molecule has 0 heterocycles. The van der Waals surface area contributed by atoms with E-state index >= 15 is 0 Å². The first-order valence-electron chi connectivity index (χ1n) is 7.34. The number of alkyl halides is 3. The minimum absolute atomic E-state index is 0. The summed E-state index contributed by atoms with van der Waals surface area (Å²) < 4.78 is 64.8. The summed E-state index contributed by atoms with van der Waals surface area (Å²) in [5.41, 5.74) is -0.352.